The number of hydrogen-bond donors (Lipinski definition) is 2. The van der Waals surface area contributed by atoms with Crippen molar-refractivity contribution in [3.8, 4) is 0 Å². The molecule has 11 heavy (non-hydrogen) atoms. The van der Waals surface area contributed by atoms with Crippen LogP contribution in [0.3, 0.4) is 0 Å². The Morgan fingerprint density at radius 1 is 1.91 bits per heavy atom. The maximum absolute atomic E-state index is 11.0. The van der Waals surface area contributed by atoms with Crippen LogP contribution < -0.4 is 10.6 Å². The molecule has 0 fully saturated rings. The van der Waals surface area contributed by atoms with E-state index in [0.717, 1.165) is 0 Å². The van der Waals surface area contributed by atoms with Crippen LogP contribution in [0.4, 0.5) is 0 Å². The van der Waals surface area contributed by atoms with E-state index in [-0.39, 0.29) is 5.91 Å². The molecular formula is C6H10N4O. The largest absolute Gasteiger partial charge is 0.357 e. The second-order valence-electron chi connectivity index (χ2n) is 2.05. The average molecular weight is 154 g/mol. The molecular weight excluding hydrogens is 144 g/mol. The number of aliphatic imine (C=N–C) groups is 2. The van der Waals surface area contributed by atoms with Crippen LogP contribution in [0, 0.1) is 0 Å². The molecule has 0 unspecified atom stereocenters. The monoisotopic (exact) mass is 154 g/mol. The molecule has 0 radical (unpaired) electrons. The van der Waals surface area contributed by atoms with Crippen molar-refractivity contribution in [2.75, 3.05) is 14.1 Å². The van der Waals surface area contributed by atoms with E-state index < -0.39 is 6.04 Å². The maximum atomic E-state index is 11.0. The highest BCUT2D eigenvalue weighted by Gasteiger charge is 2.24. The summed E-state index contributed by atoms with van der Waals surface area (Å²) in [6.45, 7) is 0. The number of rotatable bonds is 1. The number of carbonyl (C=O) groups excluding carboxylic acids is 1. The third-order valence-electron chi connectivity index (χ3n) is 1.43. The van der Waals surface area contributed by atoms with Gasteiger partial charge < -0.3 is 10.6 Å². The summed E-state index contributed by atoms with van der Waals surface area (Å²) in [6.07, 6.45) is 1.47. The van der Waals surface area contributed by atoms with Gasteiger partial charge in [-0.2, -0.15) is 0 Å². The van der Waals surface area contributed by atoms with Crippen LogP contribution in [0.5, 0.6) is 0 Å². The van der Waals surface area contributed by atoms with Crippen molar-refractivity contribution in [1.82, 2.24) is 10.6 Å². The molecule has 0 aromatic carbocycles. The van der Waals surface area contributed by atoms with Crippen molar-refractivity contribution in [2.24, 2.45) is 9.98 Å². The highest BCUT2D eigenvalue weighted by Crippen LogP contribution is 1.97. The number of amides is 1. The smallest absolute Gasteiger partial charge is 0.252 e. The minimum atomic E-state index is -0.481. The number of likely N-dealkylation sites (N-methyl/N-ethyl adjacent to an activating group) is 1. The standard InChI is InChI=1S/C6H10N4O/c1-7-5-4(6(11)8-2)9-3-10-5/h3-4H,1-2H3,(H,8,11)(H,7,9,10)/t4-/m0/s1. The molecule has 0 saturated carbocycles. The fourth-order valence-corrected chi connectivity index (χ4v) is 0.843. The molecule has 5 nitrogen and oxygen atoms in total. The van der Waals surface area contributed by atoms with Crippen molar-refractivity contribution in [2.45, 2.75) is 6.04 Å². The first-order chi connectivity index (χ1) is 5.29. The summed E-state index contributed by atoms with van der Waals surface area (Å²) >= 11 is 0. The van der Waals surface area contributed by atoms with E-state index in [2.05, 4.69) is 20.6 Å². The summed E-state index contributed by atoms with van der Waals surface area (Å²) in [4.78, 5) is 18.8. The first kappa shape index (κ1) is 7.71. The van der Waals surface area contributed by atoms with Crippen molar-refractivity contribution < 1.29 is 4.79 Å². The summed E-state index contributed by atoms with van der Waals surface area (Å²) in [7, 11) is 3.19. The van der Waals surface area contributed by atoms with E-state index in [1.165, 1.54) is 6.34 Å². The lowest BCUT2D eigenvalue weighted by atomic mass is 10.3. The number of nitrogens with zero attached hydrogens (tertiary/aromatic N) is 2. The van der Waals surface area contributed by atoms with Crippen molar-refractivity contribution in [3.63, 3.8) is 0 Å². The van der Waals surface area contributed by atoms with Crippen LogP contribution in [0.1, 0.15) is 0 Å². The molecule has 0 saturated heterocycles. The molecule has 0 aromatic heterocycles. The van der Waals surface area contributed by atoms with Gasteiger partial charge in [0.2, 0.25) is 0 Å². The normalized spacial score (nSPS) is 25.3. The van der Waals surface area contributed by atoms with Gasteiger partial charge in [0.1, 0.15) is 5.84 Å². The zero-order valence-corrected chi connectivity index (χ0v) is 6.46. The molecule has 1 rings (SSSR count). The van der Waals surface area contributed by atoms with E-state index in [0.29, 0.717) is 5.84 Å². The van der Waals surface area contributed by atoms with E-state index >= 15 is 0 Å². The quantitative estimate of drug-likeness (QED) is 0.496. The fraction of sp³-hybridized carbons (Fsp3) is 0.500. The SMILES string of the molecule is CN=C1NC=N[C@@H]1C(=O)NC. The van der Waals surface area contributed by atoms with Gasteiger partial charge in [-0.05, 0) is 0 Å². The van der Waals surface area contributed by atoms with Crippen LogP contribution in [-0.4, -0.2) is 38.2 Å². The highest BCUT2D eigenvalue weighted by molar-refractivity contribution is 6.13. The highest BCUT2D eigenvalue weighted by atomic mass is 16.2. The summed E-state index contributed by atoms with van der Waals surface area (Å²) in [5.41, 5.74) is 0. The lowest BCUT2D eigenvalue weighted by Crippen LogP contribution is -2.38. The number of amidine groups is 1. The van der Waals surface area contributed by atoms with Gasteiger partial charge in [0.05, 0.1) is 6.34 Å². The molecule has 1 amide bonds. The Morgan fingerprint density at radius 2 is 2.64 bits per heavy atom. The second kappa shape index (κ2) is 3.14. The molecule has 2 N–H and O–H groups in total. The molecule has 60 valence electrons. The molecule has 0 spiro atoms. The van der Waals surface area contributed by atoms with E-state index in [4.69, 9.17) is 0 Å². The Labute approximate surface area is 64.6 Å². The van der Waals surface area contributed by atoms with Gasteiger partial charge in [-0.1, -0.05) is 0 Å². The first-order valence-corrected chi connectivity index (χ1v) is 3.26. The molecule has 1 aliphatic heterocycles. The fourth-order valence-electron chi connectivity index (χ4n) is 0.843. The third kappa shape index (κ3) is 1.36. The topological polar surface area (TPSA) is 65.8 Å². The zero-order valence-electron chi connectivity index (χ0n) is 6.46. The Morgan fingerprint density at radius 3 is 3.18 bits per heavy atom. The van der Waals surface area contributed by atoms with Gasteiger partial charge in [-0.3, -0.25) is 14.8 Å². The molecule has 1 aliphatic rings. The summed E-state index contributed by atoms with van der Waals surface area (Å²) < 4.78 is 0. The van der Waals surface area contributed by atoms with Crippen molar-refractivity contribution >= 4 is 18.1 Å². The van der Waals surface area contributed by atoms with Crippen LogP contribution in [0.25, 0.3) is 0 Å². The second-order valence-corrected chi connectivity index (χ2v) is 2.05. The van der Waals surface area contributed by atoms with Crippen molar-refractivity contribution in [1.29, 1.82) is 0 Å². The van der Waals surface area contributed by atoms with Gasteiger partial charge >= 0.3 is 0 Å². The molecule has 1 heterocycles. The average Bonchev–Trinajstić information content (AvgIpc) is 2.50. The predicted molar refractivity (Wildman–Crippen MR) is 42.8 cm³/mol. The van der Waals surface area contributed by atoms with Gasteiger partial charge in [-0.25, -0.2) is 0 Å². The Bertz CT molecular complexity index is 221. The molecule has 5 heteroatoms. The van der Waals surface area contributed by atoms with E-state index in [9.17, 15) is 4.79 Å². The lowest BCUT2D eigenvalue weighted by molar-refractivity contribution is -0.120. The number of nitrogens with one attached hydrogen (secondary N) is 2. The molecule has 0 aliphatic carbocycles. The van der Waals surface area contributed by atoms with Gasteiger partial charge in [0, 0.05) is 14.1 Å². The number of hydrogen-bond acceptors (Lipinski definition) is 3. The minimum Gasteiger partial charge on any atom is -0.357 e. The van der Waals surface area contributed by atoms with Crippen LogP contribution in [0.2, 0.25) is 0 Å². The summed E-state index contributed by atoms with van der Waals surface area (Å²) in [5, 5.41) is 5.27. The Hall–Kier alpha value is -1.39. The maximum Gasteiger partial charge on any atom is 0.252 e. The Balaban J connectivity index is 2.71. The van der Waals surface area contributed by atoms with Crippen LogP contribution in [-0.2, 0) is 4.79 Å². The van der Waals surface area contributed by atoms with Crippen LogP contribution >= 0.6 is 0 Å². The minimum absolute atomic E-state index is 0.146. The third-order valence-corrected chi connectivity index (χ3v) is 1.43. The van der Waals surface area contributed by atoms with Crippen LogP contribution in [0.15, 0.2) is 9.98 Å². The van der Waals surface area contributed by atoms with Crippen molar-refractivity contribution in [3.05, 3.63) is 0 Å². The molecule has 0 bridgehead atoms. The zero-order chi connectivity index (χ0) is 8.27. The molecule has 0 aromatic rings. The summed E-state index contributed by atoms with van der Waals surface area (Å²) in [6, 6.07) is -0.481. The first-order valence-electron chi connectivity index (χ1n) is 3.26. The van der Waals surface area contributed by atoms with E-state index in [1.807, 2.05) is 0 Å². The number of carbonyl (C=O) groups is 1. The van der Waals surface area contributed by atoms with Gasteiger partial charge in [0.25, 0.3) is 5.91 Å². The Kier molecular flexibility index (Phi) is 2.20. The summed E-state index contributed by atoms with van der Waals surface area (Å²) in [5.74, 6) is 0.441. The lowest BCUT2D eigenvalue weighted by Gasteiger charge is -2.05. The van der Waals surface area contributed by atoms with E-state index in [1.54, 1.807) is 14.1 Å². The molecule has 1 atom stereocenters. The predicted octanol–water partition coefficient (Wildman–Crippen LogP) is -1.24. The van der Waals surface area contributed by atoms with Gasteiger partial charge in [0.15, 0.2) is 6.04 Å². The van der Waals surface area contributed by atoms with Gasteiger partial charge in [-0.15, -0.1) is 0 Å².